The second-order valence-corrected chi connectivity index (χ2v) is 10.0. The van der Waals surface area contributed by atoms with Gasteiger partial charge in [-0.15, -0.1) is 24.8 Å². The third-order valence-corrected chi connectivity index (χ3v) is 7.33. The highest BCUT2D eigenvalue weighted by Crippen LogP contribution is 2.47. The van der Waals surface area contributed by atoms with E-state index in [1.54, 1.807) is 6.07 Å². The van der Waals surface area contributed by atoms with Crippen molar-refractivity contribution in [3.05, 3.63) is 65.0 Å². The number of fused-ring (bicyclic) bond motifs is 1. The molecule has 31 heavy (non-hydrogen) atoms. The van der Waals surface area contributed by atoms with E-state index in [1.807, 2.05) is 24.3 Å². The Kier molecular flexibility index (Phi) is 8.90. The predicted octanol–water partition coefficient (Wildman–Crippen LogP) is 3.26. The summed E-state index contributed by atoms with van der Waals surface area (Å²) in [5.41, 5.74) is 3.26. The summed E-state index contributed by atoms with van der Waals surface area (Å²) in [6.45, 7) is 4.38. The number of aliphatic hydroxyl groups excluding tert-OH is 1. The SMILES string of the molecule is CS(=O)(=O)c1ccc2c(c1)C(N1CCN(CCO)CC1)CC2c1ccc(F)cc1.Cl.Cl. The first kappa shape index (κ1) is 26.0. The van der Waals surface area contributed by atoms with Crippen LogP contribution in [-0.2, 0) is 9.84 Å². The summed E-state index contributed by atoms with van der Waals surface area (Å²) in [6, 6.07) is 12.2. The molecule has 172 valence electrons. The van der Waals surface area contributed by atoms with Crippen LogP contribution in [0.2, 0.25) is 0 Å². The fourth-order valence-corrected chi connectivity index (χ4v) is 5.32. The van der Waals surface area contributed by atoms with Gasteiger partial charge in [0.05, 0.1) is 11.5 Å². The second kappa shape index (κ2) is 10.6. The smallest absolute Gasteiger partial charge is 0.175 e. The Bertz CT molecular complexity index is 981. The molecule has 1 N–H and O–H groups in total. The third kappa shape index (κ3) is 5.59. The monoisotopic (exact) mass is 490 g/mol. The van der Waals surface area contributed by atoms with E-state index in [4.69, 9.17) is 0 Å². The van der Waals surface area contributed by atoms with Crippen LogP contribution in [-0.4, -0.2) is 68.9 Å². The summed E-state index contributed by atoms with van der Waals surface area (Å²) in [5.74, 6) is -0.129. The second-order valence-electron chi connectivity index (χ2n) is 8.02. The molecule has 2 unspecified atom stereocenters. The zero-order chi connectivity index (χ0) is 20.6. The van der Waals surface area contributed by atoms with Crippen molar-refractivity contribution in [3.8, 4) is 0 Å². The summed E-state index contributed by atoms with van der Waals surface area (Å²) >= 11 is 0. The molecule has 2 atom stereocenters. The molecule has 2 aromatic carbocycles. The molecule has 1 heterocycles. The normalized spacial score (nSPS) is 21.8. The van der Waals surface area contributed by atoms with Crippen molar-refractivity contribution in [2.75, 3.05) is 45.6 Å². The van der Waals surface area contributed by atoms with E-state index in [2.05, 4.69) is 9.80 Å². The molecule has 1 aliphatic heterocycles. The molecular weight excluding hydrogens is 462 g/mol. The largest absolute Gasteiger partial charge is 0.395 e. The quantitative estimate of drug-likeness (QED) is 0.696. The Morgan fingerprint density at radius 2 is 1.65 bits per heavy atom. The highest BCUT2D eigenvalue weighted by Gasteiger charge is 2.37. The van der Waals surface area contributed by atoms with Crippen LogP contribution < -0.4 is 0 Å². The molecule has 2 aliphatic rings. The molecule has 0 saturated carbocycles. The van der Waals surface area contributed by atoms with E-state index in [-0.39, 0.29) is 49.2 Å². The van der Waals surface area contributed by atoms with E-state index in [0.717, 1.165) is 49.3 Å². The van der Waals surface area contributed by atoms with Gasteiger partial charge in [0.15, 0.2) is 9.84 Å². The highest BCUT2D eigenvalue weighted by molar-refractivity contribution is 7.90. The van der Waals surface area contributed by atoms with E-state index < -0.39 is 9.84 Å². The van der Waals surface area contributed by atoms with Crippen LogP contribution in [0, 0.1) is 5.82 Å². The molecule has 1 aliphatic carbocycles. The van der Waals surface area contributed by atoms with Crippen molar-refractivity contribution in [1.29, 1.82) is 0 Å². The van der Waals surface area contributed by atoms with Gasteiger partial charge in [0.25, 0.3) is 0 Å². The number of halogens is 3. The van der Waals surface area contributed by atoms with Crippen LogP contribution >= 0.6 is 24.8 Å². The van der Waals surface area contributed by atoms with Gasteiger partial charge in [0.1, 0.15) is 5.82 Å². The maximum absolute atomic E-state index is 13.4. The fourth-order valence-electron chi connectivity index (χ4n) is 4.66. The maximum atomic E-state index is 13.4. The number of hydrogen-bond acceptors (Lipinski definition) is 5. The minimum Gasteiger partial charge on any atom is -0.395 e. The lowest BCUT2D eigenvalue weighted by atomic mass is 9.93. The Morgan fingerprint density at radius 1 is 1.00 bits per heavy atom. The standard InChI is InChI=1S/C22H27FN2O3S.2ClH/c1-29(27,28)18-6-7-19-20(16-2-4-17(23)5-3-16)15-22(21(19)14-18)25-10-8-24(9-11-25)12-13-26;;/h2-7,14,20,22,26H,8-13,15H2,1H3;2*1H. The number of nitrogens with zero attached hydrogens (tertiary/aromatic N) is 2. The molecule has 0 amide bonds. The summed E-state index contributed by atoms with van der Waals surface area (Å²) < 4.78 is 37.7. The van der Waals surface area contributed by atoms with Crippen LogP contribution in [0.1, 0.15) is 35.1 Å². The average Bonchev–Trinajstić information content (AvgIpc) is 3.08. The number of β-amino-alcohol motifs (C(OH)–C–C–N with tert-alkyl or cyclic N) is 1. The maximum Gasteiger partial charge on any atom is 0.175 e. The molecule has 4 rings (SSSR count). The molecule has 0 aromatic heterocycles. The minimum absolute atomic E-state index is 0. The zero-order valence-electron chi connectivity index (χ0n) is 17.4. The van der Waals surface area contributed by atoms with Gasteiger partial charge in [0, 0.05) is 50.9 Å². The number of aliphatic hydroxyl groups is 1. The van der Waals surface area contributed by atoms with Crippen molar-refractivity contribution < 1.29 is 17.9 Å². The van der Waals surface area contributed by atoms with Crippen molar-refractivity contribution >= 4 is 34.7 Å². The fraction of sp³-hybridized carbons (Fsp3) is 0.455. The van der Waals surface area contributed by atoms with Crippen molar-refractivity contribution in [1.82, 2.24) is 9.80 Å². The van der Waals surface area contributed by atoms with Crippen molar-refractivity contribution in [3.63, 3.8) is 0 Å². The summed E-state index contributed by atoms with van der Waals surface area (Å²) in [5, 5.41) is 9.17. The van der Waals surface area contributed by atoms with E-state index in [1.165, 1.54) is 18.4 Å². The number of piperazine rings is 1. The molecule has 0 spiro atoms. The average molecular weight is 491 g/mol. The number of hydrogen-bond donors (Lipinski definition) is 1. The summed E-state index contributed by atoms with van der Waals surface area (Å²) in [4.78, 5) is 5.01. The molecule has 1 fully saturated rings. The summed E-state index contributed by atoms with van der Waals surface area (Å²) in [7, 11) is -3.29. The Morgan fingerprint density at radius 3 is 2.23 bits per heavy atom. The van der Waals surface area contributed by atoms with Gasteiger partial charge < -0.3 is 5.11 Å². The Balaban J connectivity index is 0.00000171. The van der Waals surface area contributed by atoms with Gasteiger partial charge in [0.2, 0.25) is 0 Å². The molecule has 0 bridgehead atoms. The Hall–Kier alpha value is -1.22. The lowest BCUT2D eigenvalue weighted by Gasteiger charge is -2.38. The van der Waals surface area contributed by atoms with Crippen LogP contribution in [0.4, 0.5) is 4.39 Å². The van der Waals surface area contributed by atoms with Gasteiger partial charge in [-0.1, -0.05) is 18.2 Å². The zero-order valence-corrected chi connectivity index (χ0v) is 19.9. The molecule has 1 saturated heterocycles. The van der Waals surface area contributed by atoms with E-state index >= 15 is 0 Å². The molecule has 0 radical (unpaired) electrons. The molecule has 9 heteroatoms. The summed E-state index contributed by atoms with van der Waals surface area (Å²) in [6.07, 6.45) is 2.10. The Labute approximate surface area is 196 Å². The van der Waals surface area contributed by atoms with Crippen LogP contribution in [0.25, 0.3) is 0 Å². The number of benzene rings is 2. The lowest BCUT2D eigenvalue weighted by Crippen LogP contribution is -2.48. The van der Waals surface area contributed by atoms with Crippen molar-refractivity contribution in [2.24, 2.45) is 0 Å². The van der Waals surface area contributed by atoms with Crippen LogP contribution in [0.15, 0.2) is 47.4 Å². The van der Waals surface area contributed by atoms with Gasteiger partial charge in [-0.2, -0.15) is 0 Å². The molecular formula is C22H29Cl2FN2O3S. The first-order chi connectivity index (χ1) is 13.9. The van der Waals surface area contributed by atoms with Crippen molar-refractivity contribution in [2.45, 2.75) is 23.3 Å². The van der Waals surface area contributed by atoms with Crippen LogP contribution in [0.3, 0.4) is 0 Å². The first-order valence-corrected chi connectivity index (χ1v) is 11.9. The lowest BCUT2D eigenvalue weighted by molar-refractivity contribution is 0.0827. The highest BCUT2D eigenvalue weighted by atomic mass is 35.5. The third-order valence-electron chi connectivity index (χ3n) is 6.22. The van der Waals surface area contributed by atoms with Gasteiger partial charge >= 0.3 is 0 Å². The topological polar surface area (TPSA) is 60.9 Å². The molecule has 2 aromatic rings. The van der Waals surface area contributed by atoms with Crippen LogP contribution in [0.5, 0.6) is 0 Å². The number of sulfone groups is 1. The van der Waals surface area contributed by atoms with Gasteiger partial charge in [-0.05, 0) is 47.4 Å². The van der Waals surface area contributed by atoms with E-state index in [0.29, 0.717) is 11.4 Å². The van der Waals surface area contributed by atoms with Gasteiger partial charge in [-0.3, -0.25) is 9.80 Å². The predicted molar refractivity (Wildman–Crippen MR) is 125 cm³/mol. The minimum atomic E-state index is -3.29. The number of rotatable bonds is 5. The first-order valence-electron chi connectivity index (χ1n) is 10.0. The molecule has 5 nitrogen and oxygen atoms in total. The van der Waals surface area contributed by atoms with Gasteiger partial charge in [-0.25, -0.2) is 12.8 Å². The van der Waals surface area contributed by atoms with E-state index in [9.17, 15) is 17.9 Å².